The highest BCUT2D eigenvalue weighted by molar-refractivity contribution is 6.04. The van der Waals surface area contributed by atoms with Gasteiger partial charge in [-0.15, -0.1) is 0 Å². The van der Waals surface area contributed by atoms with Gasteiger partial charge in [-0.2, -0.15) is 0 Å². The van der Waals surface area contributed by atoms with Crippen LogP contribution in [0.25, 0.3) is 0 Å². The summed E-state index contributed by atoms with van der Waals surface area (Å²) in [5, 5.41) is 0. The Kier molecular flexibility index (Phi) is 4.22. The van der Waals surface area contributed by atoms with Gasteiger partial charge in [-0.1, -0.05) is 32.1 Å². The summed E-state index contributed by atoms with van der Waals surface area (Å²) < 4.78 is 0. The normalized spacial score (nSPS) is 25.9. The predicted octanol–water partition coefficient (Wildman–Crippen LogP) is 1.17. The average Bonchev–Trinajstić information content (AvgIpc) is 2.40. The highest BCUT2D eigenvalue weighted by Crippen LogP contribution is 2.29. The molecular weight excluding hydrogens is 244 g/mol. The van der Waals surface area contributed by atoms with Crippen LogP contribution in [0.3, 0.4) is 0 Å². The van der Waals surface area contributed by atoms with Crippen LogP contribution in [-0.2, 0) is 14.4 Å². The van der Waals surface area contributed by atoms with E-state index in [1.165, 1.54) is 31.1 Å². The Morgan fingerprint density at radius 3 is 2.42 bits per heavy atom. The first-order chi connectivity index (χ1) is 9.00. The molecule has 1 saturated carbocycles. The van der Waals surface area contributed by atoms with E-state index < -0.39 is 6.04 Å². The molecule has 0 N–H and O–H groups in total. The van der Waals surface area contributed by atoms with Gasteiger partial charge >= 0.3 is 0 Å². The van der Waals surface area contributed by atoms with Gasteiger partial charge in [0.1, 0.15) is 12.6 Å². The molecule has 1 aliphatic heterocycles. The van der Waals surface area contributed by atoms with Crippen molar-refractivity contribution in [3.63, 3.8) is 0 Å². The van der Waals surface area contributed by atoms with Gasteiger partial charge in [0, 0.05) is 14.0 Å². The van der Waals surface area contributed by atoms with E-state index in [-0.39, 0.29) is 24.3 Å². The molecule has 1 unspecified atom stereocenters. The summed E-state index contributed by atoms with van der Waals surface area (Å²) in [4.78, 5) is 38.2. The molecule has 3 amide bonds. The quantitative estimate of drug-likeness (QED) is 0.754. The van der Waals surface area contributed by atoms with Crippen LogP contribution in [0.4, 0.5) is 0 Å². The van der Waals surface area contributed by atoms with Crippen LogP contribution < -0.4 is 0 Å². The van der Waals surface area contributed by atoms with Crippen LogP contribution in [-0.4, -0.2) is 47.2 Å². The molecule has 106 valence electrons. The van der Waals surface area contributed by atoms with Gasteiger partial charge in [0.2, 0.25) is 11.8 Å². The minimum absolute atomic E-state index is 0.105. The number of hydrogen-bond acceptors (Lipinski definition) is 3. The van der Waals surface area contributed by atoms with Crippen molar-refractivity contribution >= 4 is 17.7 Å². The number of hydrogen-bond donors (Lipinski definition) is 0. The molecule has 0 bridgehead atoms. The first kappa shape index (κ1) is 14.0. The van der Waals surface area contributed by atoms with Crippen LogP contribution in [0.5, 0.6) is 0 Å². The van der Waals surface area contributed by atoms with Gasteiger partial charge in [-0.25, -0.2) is 0 Å². The van der Waals surface area contributed by atoms with Crippen LogP contribution in [0.2, 0.25) is 0 Å². The van der Waals surface area contributed by atoms with Gasteiger partial charge in [0.15, 0.2) is 0 Å². The van der Waals surface area contributed by atoms with Crippen LogP contribution in [0.15, 0.2) is 0 Å². The van der Waals surface area contributed by atoms with Crippen molar-refractivity contribution in [3.05, 3.63) is 0 Å². The van der Waals surface area contributed by atoms with Crippen LogP contribution in [0.1, 0.15) is 45.4 Å². The third-order valence-electron chi connectivity index (χ3n) is 4.37. The van der Waals surface area contributed by atoms with Crippen molar-refractivity contribution in [1.82, 2.24) is 9.80 Å². The minimum Gasteiger partial charge on any atom is -0.332 e. The molecule has 1 saturated heterocycles. The lowest BCUT2D eigenvalue weighted by molar-refractivity contribution is -0.160. The first-order valence-electron chi connectivity index (χ1n) is 7.08. The highest BCUT2D eigenvalue weighted by atomic mass is 16.2. The zero-order chi connectivity index (χ0) is 14.0. The summed E-state index contributed by atoms with van der Waals surface area (Å²) >= 11 is 0. The summed E-state index contributed by atoms with van der Waals surface area (Å²) in [5.74, 6) is -0.180. The van der Waals surface area contributed by atoms with E-state index in [4.69, 9.17) is 0 Å². The van der Waals surface area contributed by atoms with Crippen LogP contribution >= 0.6 is 0 Å². The lowest BCUT2D eigenvalue weighted by Gasteiger charge is -2.38. The highest BCUT2D eigenvalue weighted by Gasteiger charge is 2.40. The number of carbonyl (C=O) groups excluding carboxylic acids is 3. The molecule has 2 fully saturated rings. The van der Waals surface area contributed by atoms with Crippen molar-refractivity contribution in [3.8, 4) is 0 Å². The number of carbonyl (C=O) groups is 3. The monoisotopic (exact) mass is 266 g/mol. The molecule has 0 aromatic heterocycles. The largest absolute Gasteiger partial charge is 0.332 e. The van der Waals surface area contributed by atoms with E-state index in [0.717, 1.165) is 17.7 Å². The standard InChI is InChI=1S/C14H22N2O3/c1-10(17)16-9-13(18)15(2)12(14(16)19)8-11-6-4-3-5-7-11/h11-12H,3-9H2,1-2H3. The Bertz CT molecular complexity index is 388. The average molecular weight is 266 g/mol. The number of rotatable bonds is 2. The molecule has 2 aliphatic rings. The summed E-state index contributed by atoms with van der Waals surface area (Å²) in [7, 11) is 1.67. The fraction of sp³-hybridized carbons (Fsp3) is 0.786. The maximum absolute atomic E-state index is 12.3. The molecule has 1 aliphatic carbocycles. The topological polar surface area (TPSA) is 57.7 Å². The third-order valence-corrected chi connectivity index (χ3v) is 4.37. The molecule has 5 heteroatoms. The molecule has 19 heavy (non-hydrogen) atoms. The summed E-state index contributed by atoms with van der Waals surface area (Å²) in [6, 6.07) is -0.451. The molecule has 1 atom stereocenters. The predicted molar refractivity (Wildman–Crippen MR) is 70.1 cm³/mol. The van der Waals surface area contributed by atoms with E-state index in [1.54, 1.807) is 7.05 Å². The number of piperazine rings is 1. The summed E-state index contributed by atoms with van der Waals surface area (Å²) in [6.45, 7) is 1.24. The Hall–Kier alpha value is -1.39. The molecule has 5 nitrogen and oxygen atoms in total. The number of nitrogens with zero attached hydrogens (tertiary/aromatic N) is 2. The lowest BCUT2D eigenvalue weighted by atomic mass is 9.84. The zero-order valence-electron chi connectivity index (χ0n) is 11.7. The maximum atomic E-state index is 12.3. The van der Waals surface area contributed by atoms with E-state index in [2.05, 4.69) is 0 Å². The fourth-order valence-electron chi connectivity index (χ4n) is 3.11. The number of imide groups is 1. The van der Waals surface area contributed by atoms with Crippen molar-refractivity contribution in [2.75, 3.05) is 13.6 Å². The van der Waals surface area contributed by atoms with Crippen molar-refractivity contribution in [2.24, 2.45) is 5.92 Å². The van der Waals surface area contributed by atoms with Gasteiger partial charge < -0.3 is 4.90 Å². The van der Waals surface area contributed by atoms with Gasteiger partial charge in [0.25, 0.3) is 5.91 Å². The molecular formula is C14H22N2O3. The van der Waals surface area contributed by atoms with E-state index >= 15 is 0 Å². The van der Waals surface area contributed by atoms with Crippen molar-refractivity contribution in [2.45, 2.75) is 51.5 Å². The van der Waals surface area contributed by atoms with Gasteiger partial charge in [-0.3, -0.25) is 19.3 Å². The summed E-state index contributed by atoms with van der Waals surface area (Å²) in [5.41, 5.74) is 0. The van der Waals surface area contributed by atoms with Crippen molar-refractivity contribution < 1.29 is 14.4 Å². The number of likely N-dealkylation sites (N-methyl/N-ethyl adjacent to an activating group) is 1. The third kappa shape index (κ3) is 2.96. The number of amides is 3. The molecule has 0 radical (unpaired) electrons. The molecule has 1 heterocycles. The Morgan fingerprint density at radius 2 is 1.84 bits per heavy atom. The second kappa shape index (κ2) is 5.72. The molecule has 0 aromatic carbocycles. The second-order valence-corrected chi connectivity index (χ2v) is 5.70. The molecule has 2 rings (SSSR count). The van der Waals surface area contributed by atoms with E-state index in [9.17, 15) is 14.4 Å². The molecule has 0 spiro atoms. The lowest BCUT2D eigenvalue weighted by Crippen LogP contribution is -2.60. The fourth-order valence-corrected chi connectivity index (χ4v) is 3.11. The van der Waals surface area contributed by atoms with Crippen molar-refractivity contribution in [1.29, 1.82) is 0 Å². The second-order valence-electron chi connectivity index (χ2n) is 5.70. The van der Waals surface area contributed by atoms with E-state index in [1.807, 2.05) is 0 Å². The van der Waals surface area contributed by atoms with Gasteiger partial charge in [0.05, 0.1) is 0 Å². The summed E-state index contributed by atoms with van der Waals surface area (Å²) in [6.07, 6.45) is 6.64. The Labute approximate surface area is 113 Å². The zero-order valence-corrected chi connectivity index (χ0v) is 11.7. The first-order valence-corrected chi connectivity index (χ1v) is 7.08. The SMILES string of the molecule is CC(=O)N1CC(=O)N(C)C(CC2CCCCC2)C1=O. The molecule has 0 aromatic rings. The maximum Gasteiger partial charge on any atom is 0.252 e. The smallest absolute Gasteiger partial charge is 0.252 e. The minimum atomic E-state index is -0.451. The Balaban J connectivity index is 2.08. The van der Waals surface area contributed by atoms with Gasteiger partial charge in [-0.05, 0) is 12.3 Å². The Morgan fingerprint density at radius 1 is 1.21 bits per heavy atom. The van der Waals surface area contributed by atoms with E-state index in [0.29, 0.717) is 12.3 Å². The van der Waals surface area contributed by atoms with Crippen LogP contribution in [0, 0.1) is 5.92 Å².